The van der Waals surface area contributed by atoms with Crippen LogP contribution in [0.1, 0.15) is 31.7 Å². The highest BCUT2D eigenvalue weighted by molar-refractivity contribution is 5.88. The Hall–Kier alpha value is -2.24. The maximum atomic E-state index is 12.3. The lowest BCUT2D eigenvalue weighted by Crippen LogP contribution is -2.48. The largest absolute Gasteiger partial charge is 0.493 e. The molecule has 0 bridgehead atoms. The fourth-order valence-corrected chi connectivity index (χ4v) is 2.92. The zero-order valence-electron chi connectivity index (χ0n) is 14.6. The summed E-state index contributed by atoms with van der Waals surface area (Å²) in [6.45, 7) is 3.31. The van der Waals surface area contributed by atoms with Crippen LogP contribution in [-0.4, -0.2) is 50.1 Å². The molecule has 1 saturated heterocycles. The third-order valence-electron chi connectivity index (χ3n) is 4.23. The van der Waals surface area contributed by atoms with Gasteiger partial charge in [-0.25, -0.2) is 0 Å². The molecule has 24 heavy (non-hydrogen) atoms. The molecule has 0 aromatic heterocycles. The van der Waals surface area contributed by atoms with Gasteiger partial charge in [-0.2, -0.15) is 0 Å². The van der Waals surface area contributed by atoms with E-state index in [1.54, 1.807) is 33.3 Å². The Balaban J connectivity index is 1.91. The average Bonchev–Trinajstić information content (AvgIpc) is 2.61. The van der Waals surface area contributed by atoms with E-state index in [0.717, 1.165) is 31.5 Å². The number of amides is 2. The summed E-state index contributed by atoms with van der Waals surface area (Å²) in [5, 5.41) is 2.79. The molecule has 1 N–H and O–H groups in total. The molecule has 1 aliphatic heterocycles. The van der Waals surface area contributed by atoms with Crippen LogP contribution in [0.25, 0.3) is 0 Å². The Morgan fingerprint density at radius 2 is 1.79 bits per heavy atom. The molecule has 1 heterocycles. The topological polar surface area (TPSA) is 67.9 Å². The van der Waals surface area contributed by atoms with Gasteiger partial charge >= 0.3 is 0 Å². The first kappa shape index (κ1) is 18.1. The van der Waals surface area contributed by atoms with Gasteiger partial charge in [0.15, 0.2) is 11.5 Å². The van der Waals surface area contributed by atoms with Gasteiger partial charge in [0.05, 0.1) is 20.6 Å². The molecule has 6 heteroatoms. The van der Waals surface area contributed by atoms with E-state index in [-0.39, 0.29) is 18.2 Å². The number of nitrogens with one attached hydrogen (secondary N) is 1. The van der Waals surface area contributed by atoms with E-state index in [2.05, 4.69) is 5.32 Å². The second kappa shape index (κ2) is 8.57. The molecule has 0 saturated carbocycles. The first-order chi connectivity index (χ1) is 11.5. The molecule has 1 aromatic carbocycles. The van der Waals surface area contributed by atoms with Gasteiger partial charge in [-0.05, 0) is 43.9 Å². The number of ether oxygens (including phenoxy) is 2. The van der Waals surface area contributed by atoms with Gasteiger partial charge in [0.1, 0.15) is 6.04 Å². The number of methoxy groups -OCH3 is 2. The third-order valence-corrected chi connectivity index (χ3v) is 4.23. The lowest BCUT2D eigenvalue weighted by molar-refractivity contribution is -0.136. The fourth-order valence-electron chi connectivity index (χ4n) is 2.92. The summed E-state index contributed by atoms with van der Waals surface area (Å²) in [6.07, 6.45) is 3.44. The molecule has 1 aliphatic rings. The summed E-state index contributed by atoms with van der Waals surface area (Å²) in [7, 11) is 3.12. The minimum Gasteiger partial charge on any atom is -0.493 e. The number of carbonyl (C=O) groups excluding carboxylic acids is 2. The number of hydrogen-bond donors (Lipinski definition) is 1. The van der Waals surface area contributed by atoms with Crippen molar-refractivity contribution in [1.29, 1.82) is 0 Å². The Morgan fingerprint density at radius 3 is 2.42 bits per heavy atom. The second-order valence-corrected chi connectivity index (χ2v) is 6.04. The predicted molar refractivity (Wildman–Crippen MR) is 91.3 cm³/mol. The van der Waals surface area contributed by atoms with Crippen molar-refractivity contribution >= 4 is 11.8 Å². The van der Waals surface area contributed by atoms with Crippen LogP contribution in [0.2, 0.25) is 0 Å². The third kappa shape index (κ3) is 4.63. The van der Waals surface area contributed by atoms with Crippen LogP contribution in [0.4, 0.5) is 0 Å². The van der Waals surface area contributed by atoms with Crippen LogP contribution in [0.3, 0.4) is 0 Å². The Morgan fingerprint density at radius 1 is 1.12 bits per heavy atom. The number of carbonyl (C=O) groups is 2. The standard InChI is InChI=1S/C18H26N2O4/c1-13(18(22)20-9-5-4-6-10-20)19-17(21)12-14-7-8-15(23-2)16(11-14)24-3/h7-8,11,13H,4-6,9-10,12H2,1-3H3,(H,19,21)/t13-/m1/s1. The maximum absolute atomic E-state index is 12.3. The second-order valence-electron chi connectivity index (χ2n) is 6.04. The molecule has 1 atom stereocenters. The SMILES string of the molecule is COc1ccc(CC(=O)N[C@H](C)C(=O)N2CCCCC2)cc1OC. The zero-order chi connectivity index (χ0) is 17.5. The Bertz CT molecular complexity index is 582. The van der Waals surface area contributed by atoms with Crippen molar-refractivity contribution in [2.24, 2.45) is 0 Å². The molecule has 2 amide bonds. The van der Waals surface area contributed by atoms with E-state index in [4.69, 9.17) is 9.47 Å². The molecule has 0 aliphatic carbocycles. The van der Waals surface area contributed by atoms with Crippen molar-refractivity contribution in [3.05, 3.63) is 23.8 Å². The smallest absolute Gasteiger partial charge is 0.244 e. The van der Waals surface area contributed by atoms with Crippen LogP contribution >= 0.6 is 0 Å². The van der Waals surface area contributed by atoms with E-state index in [1.807, 2.05) is 11.0 Å². The van der Waals surface area contributed by atoms with Gasteiger partial charge in [-0.1, -0.05) is 6.07 Å². The molecule has 1 aromatic rings. The molecule has 6 nitrogen and oxygen atoms in total. The molecule has 1 fully saturated rings. The van der Waals surface area contributed by atoms with Crippen LogP contribution in [0, 0.1) is 0 Å². The highest BCUT2D eigenvalue weighted by Gasteiger charge is 2.23. The van der Waals surface area contributed by atoms with Crippen molar-refractivity contribution in [2.75, 3.05) is 27.3 Å². The average molecular weight is 334 g/mol. The van der Waals surface area contributed by atoms with Gasteiger partial charge in [0.25, 0.3) is 0 Å². The summed E-state index contributed by atoms with van der Waals surface area (Å²) in [6, 6.07) is 4.85. The quantitative estimate of drug-likeness (QED) is 0.861. The number of piperidine rings is 1. The van der Waals surface area contributed by atoms with Crippen LogP contribution in [-0.2, 0) is 16.0 Å². The lowest BCUT2D eigenvalue weighted by atomic mass is 10.1. The summed E-state index contributed by atoms with van der Waals surface area (Å²) in [5.41, 5.74) is 0.808. The van der Waals surface area contributed by atoms with E-state index < -0.39 is 6.04 Å². The summed E-state index contributed by atoms with van der Waals surface area (Å²) in [4.78, 5) is 26.4. The van der Waals surface area contributed by atoms with Crippen molar-refractivity contribution < 1.29 is 19.1 Å². The van der Waals surface area contributed by atoms with Gasteiger partial charge in [0.2, 0.25) is 11.8 Å². The summed E-state index contributed by atoms with van der Waals surface area (Å²) in [5.74, 6) is 1.02. The van der Waals surface area contributed by atoms with E-state index in [9.17, 15) is 9.59 Å². The van der Waals surface area contributed by atoms with E-state index in [1.165, 1.54) is 6.42 Å². The summed E-state index contributed by atoms with van der Waals surface area (Å²) < 4.78 is 10.4. The first-order valence-electron chi connectivity index (χ1n) is 8.34. The van der Waals surface area contributed by atoms with Crippen LogP contribution in [0.5, 0.6) is 11.5 Å². The van der Waals surface area contributed by atoms with Gasteiger partial charge < -0.3 is 19.7 Å². The Kier molecular flexibility index (Phi) is 6.46. The zero-order valence-corrected chi connectivity index (χ0v) is 14.6. The number of likely N-dealkylation sites (tertiary alicyclic amines) is 1. The predicted octanol–water partition coefficient (Wildman–Crippen LogP) is 1.76. The van der Waals surface area contributed by atoms with Crippen molar-refractivity contribution in [1.82, 2.24) is 10.2 Å². The normalized spacial score (nSPS) is 15.5. The highest BCUT2D eigenvalue weighted by atomic mass is 16.5. The van der Waals surface area contributed by atoms with E-state index in [0.29, 0.717) is 11.5 Å². The number of nitrogens with zero attached hydrogens (tertiary/aromatic N) is 1. The minimum atomic E-state index is -0.504. The van der Waals surface area contributed by atoms with Crippen LogP contribution in [0.15, 0.2) is 18.2 Å². The van der Waals surface area contributed by atoms with Gasteiger partial charge in [-0.15, -0.1) is 0 Å². The molecular weight excluding hydrogens is 308 g/mol. The van der Waals surface area contributed by atoms with Gasteiger partial charge in [-0.3, -0.25) is 9.59 Å². The van der Waals surface area contributed by atoms with Crippen molar-refractivity contribution in [3.8, 4) is 11.5 Å². The molecule has 132 valence electrons. The monoisotopic (exact) mass is 334 g/mol. The molecule has 2 rings (SSSR count). The van der Waals surface area contributed by atoms with Crippen LogP contribution < -0.4 is 14.8 Å². The molecule has 0 spiro atoms. The minimum absolute atomic E-state index is 0.00429. The van der Waals surface area contributed by atoms with E-state index >= 15 is 0 Å². The number of rotatable bonds is 6. The highest BCUT2D eigenvalue weighted by Crippen LogP contribution is 2.27. The Labute approximate surface area is 143 Å². The van der Waals surface area contributed by atoms with Crippen molar-refractivity contribution in [3.63, 3.8) is 0 Å². The number of benzene rings is 1. The van der Waals surface area contributed by atoms with Gasteiger partial charge in [0, 0.05) is 13.1 Å². The molecular formula is C18H26N2O4. The molecule has 0 unspecified atom stereocenters. The molecule has 0 radical (unpaired) electrons. The fraction of sp³-hybridized carbons (Fsp3) is 0.556. The number of hydrogen-bond acceptors (Lipinski definition) is 4. The summed E-state index contributed by atoms with van der Waals surface area (Å²) >= 11 is 0. The van der Waals surface area contributed by atoms with Crippen molar-refractivity contribution in [2.45, 2.75) is 38.6 Å². The lowest BCUT2D eigenvalue weighted by Gasteiger charge is -2.29. The maximum Gasteiger partial charge on any atom is 0.244 e. The first-order valence-corrected chi connectivity index (χ1v) is 8.34.